The molecule has 168 valence electrons. The lowest BCUT2D eigenvalue weighted by Gasteiger charge is -2.44. The topological polar surface area (TPSA) is 53.1 Å². The van der Waals surface area contributed by atoms with Crippen LogP contribution in [-0.4, -0.2) is 73.6 Å². The van der Waals surface area contributed by atoms with Crippen molar-refractivity contribution in [3.63, 3.8) is 0 Å². The highest BCUT2D eigenvalue weighted by Gasteiger charge is 2.36. The van der Waals surface area contributed by atoms with Gasteiger partial charge < -0.3 is 19.4 Å². The number of anilines is 1. The van der Waals surface area contributed by atoms with Crippen LogP contribution in [0.5, 0.6) is 0 Å². The van der Waals surface area contributed by atoms with Crippen LogP contribution >= 0.6 is 0 Å². The largest absolute Gasteiger partial charge is 0.378 e. The standard InChI is InChI=1S/C25H35N3O3/c29-24(26-14-16-31-17-15-26)21-11-13-27(18-21)22-9-7-20(8-10-22)25(30)28-12-3-5-19-4-1-2-6-23(19)28/h7-10,19,21,23H,1-6,11-18H2. The molecule has 0 bridgehead atoms. The van der Waals surface area contributed by atoms with Crippen molar-refractivity contribution in [1.29, 1.82) is 0 Å². The molecule has 2 amide bonds. The molecule has 4 aliphatic rings. The predicted molar refractivity (Wildman–Crippen MR) is 120 cm³/mol. The van der Waals surface area contributed by atoms with Gasteiger partial charge in [-0.2, -0.15) is 0 Å². The summed E-state index contributed by atoms with van der Waals surface area (Å²) < 4.78 is 5.37. The molecule has 6 heteroatoms. The van der Waals surface area contributed by atoms with E-state index in [0.717, 1.165) is 43.7 Å². The van der Waals surface area contributed by atoms with Gasteiger partial charge in [-0.25, -0.2) is 0 Å². The zero-order valence-corrected chi connectivity index (χ0v) is 18.5. The first-order chi connectivity index (χ1) is 15.2. The normalized spacial score (nSPS) is 29.0. The third-order valence-corrected chi connectivity index (χ3v) is 7.84. The van der Waals surface area contributed by atoms with Gasteiger partial charge in [0, 0.05) is 50.0 Å². The van der Waals surface area contributed by atoms with Gasteiger partial charge in [0.25, 0.3) is 5.91 Å². The second-order valence-corrected chi connectivity index (χ2v) is 9.67. The van der Waals surface area contributed by atoms with Crippen molar-refractivity contribution < 1.29 is 14.3 Å². The van der Waals surface area contributed by atoms with E-state index in [1.165, 1.54) is 32.1 Å². The highest BCUT2D eigenvalue weighted by Crippen LogP contribution is 2.36. The SMILES string of the molecule is O=C(C1CCN(c2ccc(C(=O)N3CCCC4CCCCC43)cc2)C1)N1CCOCC1. The molecule has 1 aromatic rings. The summed E-state index contributed by atoms with van der Waals surface area (Å²) in [5.41, 5.74) is 1.91. The number of benzene rings is 1. The number of nitrogens with zero attached hydrogens (tertiary/aromatic N) is 3. The maximum absolute atomic E-state index is 13.3. The van der Waals surface area contributed by atoms with E-state index in [4.69, 9.17) is 4.74 Å². The minimum atomic E-state index is 0.0657. The molecule has 0 radical (unpaired) electrons. The maximum Gasteiger partial charge on any atom is 0.254 e. The van der Waals surface area contributed by atoms with Crippen LogP contribution in [-0.2, 0) is 9.53 Å². The summed E-state index contributed by atoms with van der Waals surface area (Å²) in [4.78, 5) is 32.5. The third kappa shape index (κ3) is 4.32. The quantitative estimate of drug-likeness (QED) is 0.747. The average Bonchev–Trinajstić information content (AvgIpc) is 3.34. The van der Waals surface area contributed by atoms with E-state index in [0.29, 0.717) is 38.3 Å². The lowest BCUT2D eigenvalue weighted by Crippen LogP contribution is -2.49. The Hall–Kier alpha value is -2.08. The fourth-order valence-electron chi connectivity index (χ4n) is 6.10. The first kappa shape index (κ1) is 20.8. The molecule has 3 heterocycles. The van der Waals surface area contributed by atoms with Crippen LogP contribution in [0.4, 0.5) is 5.69 Å². The molecule has 31 heavy (non-hydrogen) atoms. The Labute approximate surface area is 185 Å². The second-order valence-electron chi connectivity index (χ2n) is 9.67. The number of fused-ring (bicyclic) bond motifs is 1. The van der Waals surface area contributed by atoms with Crippen molar-refractivity contribution in [2.45, 2.75) is 51.0 Å². The number of likely N-dealkylation sites (tertiary alicyclic amines) is 1. The first-order valence-corrected chi connectivity index (χ1v) is 12.2. The Bertz CT molecular complexity index is 788. The Morgan fingerprint density at radius 2 is 1.58 bits per heavy atom. The minimum absolute atomic E-state index is 0.0657. The fraction of sp³-hybridized carbons (Fsp3) is 0.680. The van der Waals surface area contributed by atoms with Gasteiger partial charge in [0.1, 0.15) is 0 Å². The van der Waals surface area contributed by atoms with E-state index in [1.54, 1.807) is 0 Å². The molecule has 3 atom stereocenters. The number of rotatable bonds is 3. The van der Waals surface area contributed by atoms with Crippen LogP contribution in [0.1, 0.15) is 55.3 Å². The van der Waals surface area contributed by atoms with Gasteiger partial charge >= 0.3 is 0 Å². The molecule has 6 nitrogen and oxygen atoms in total. The third-order valence-electron chi connectivity index (χ3n) is 7.84. The molecule has 0 N–H and O–H groups in total. The van der Waals surface area contributed by atoms with Gasteiger partial charge in [0.15, 0.2) is 0 Å². The molecular weight excluding hydrogens is 390 g/mol. The average molecular weight is 426 g/mol. The number of piperidine rings is 1. The zero-order chi connectivity index (χ0) is 21.2. The van der Waals surface area contributed by atoms with Crippen LogP contribution < -0.4 is 4.90 Å². The monoisotopic (exact) mass is 425 g/mol. The molecule has 4 fully saturated rings. The van der Waals surface area contributed by atoms with Gasteiger partial charge in [-0.1, -0.05) is 12.8 Å². The number of amides is 2. The maximum atomic E-state index is 13.3. The van der Waals surface area contributed by atoms with E-state index in [9.17, 15) is 9.59 Å². The smallest absolute Gasteiger partial charge is 0.254 e. The Morgan fingerprint density at radius 3 is 2.39 bits per heavy atom. The zero-order valence-electron chi connectivity index (χ0n) is 18.5. The van der Waals surface area contributed by atoms with Gasteiger partial charge in [0.05, 0.1) is 19.1 Å². The summed E-state index contributed by atoms with van der Waals surface area (Å²) in [6.45, 7) is 5.28. The van der Waals surface area contributed by atoms with E-state index in [-0.39, 0.29) is 17.7 Å². The fourth-order valence-corrected chi connectivity index (χ4v) is 6.10. The first-order valence-electron chi connectivity index (χ1n) is 12.2. The van der Waals surface area contributed by atoms with Gasteiger partial charge in [-0.05, 0) is 62.3 Å². The Balaban J connectivity index is 1.21. The Kier molecular flexibility index (Phi) is 6.17. The number of hydrogen-bond donors (Lipinski definition) is 0. The Morgan fingerprint density at radius 1 is 0.839 bits per heavy atom. The molecular formula is C25H35N3O3. The van der Waals surface area contributed by atoms with Crippen molar-refractivity contribution in [1.82, 2.24) is 9.80 Å². The molecule has 1 aliphatic carbocycles. The van der Waals surface area contributed by atoms with Crippen molar-refractivity contribution in [2.24, 2.45) is 11.8 Å². The molecule has 0 spiro atoms. The summed E-state index contributed by atoms with van der Waals surface area (Å²) in [5.74, 6) is 1.24. The van der Waals surface area contributed by atoms with Crippen LogP contribution in [0.2, 0.25) is 0 Å². The molecule has 5 rings (SSSR count). The molecule has 3 aliphatic heterocycles. The van der Waals surface area contributed by atoms with E-state index in [1.807, 2.05) is 17.0 Å². The molecule has 1 saturated carbocycles. The van der Waals surface area contributed by atoms with Crippen LogP contribution in [0.15, 0.2) is 24.3 Å². The number of morpholine rings is 1. The van der Waals surface area contributed by atoms with Crippen molar-refractivity contribution in [2.75, 3.05) is 50.8 Å². The summed E-state index contributed by atoms with van der Waals surface area (Å²) in [6, 6.07) is 8.55. The van der Waals surface area contributed by atoms with E-state index < -0.39 is 0 Å². The van der Waals surface area contributed by atoms with Gasteiger partial charge in [0.2, 0.25) is 5.91 Å². The van der Waals surface area contributed by atoms with E-state index >= 15 is 0 Å². The van der Waals surface area contributed by atoms with Crippen LogP contribution in [0.25, 0.3) is 0 Å². The number of hydrogen-bond acceptors (Lipinski definition) is 4. The van der Waals surface area contributed by atoms with Crippen LogP contribution in [0, 0.1) is 11.8 Å². The molecule has 0 aromatic heterocycles. The second kappa shape index (κ2) is 9.19. The number of carbonyl (C=O) groups is 2. The van der Waals surface area contributed by atoms with Gasteiger partial charge in [-0.3, -0.25) is 9.59 Å². The highest BCUT2D eigenvalue weighted by molar-refractivity contribution is 5.95. The van der Waals surface area contributed by atoms with Crippen molar-refractivity contribution in [3.05, 3.63) is 29.8 Å². The predicted octanol–water partition coefficient (Wildman–Crippen LogP) is 3.17. The molecule has 1 aromatic carbocycles. The lowest BCUT2D eigenvalue weighted by molar-refractivity contribution is -0.138. The summed E-state index contributed by atoms with van der Waals surface area (Å²) in [6.07, 6.45) is 8.34. The molecule has 3 unspecified atom stereocenters. The highest BCUT2D eigenvalue weighted by atomic mass is 16.5. The summed E-state index contributed by atoms with van der Waals surface area (Å²) >= 11 is 0. The van der Waals surface area contributed by atoms with Crippen molar-refractivity contribution >= 4 is 17.5 Å². The summed E-state index contributed by atoms with van der Waals surface area (Å²) in [5, 5.41) is 0. The number of ether oxygens (including phenoxy) is 1. The lowest BCUT2D eigenvalue weighted by atomic mass is 9.78. The minimum Gasteiger partial charge on any atom is -0.378 e. The summed E-state index contributed by atoms with van der Waals surface area (Å²) in [7, 11) is 0. The number of carbonyl (C=O) groups excluding carboxylic acids is 2. The van der Waals surface area contributed by atoms with Crippen molar-refractivity contribution in [3.8, 4) is 0 Å². The van der Waals surface area contributed by atoms with Gasteiger partial charge in [-0.15, -0.1) is 0 Å². The van der Waals surface area contributed by atoms with E-state index in [2.05, 4.69) is 21.9 Å². The van der Waals surface area contributed by atoms with Crippen LogP contribution in [0.3, 0.4) is 0 Å². The molecule has 3 saturated heterocycles.